The number of sulfonamides is 1. The van der Waals surface area contributed by atoms with E-state index in [1.54, 1.807) is 30.3 Å². The lowest BCUT2D eigenvalue weighted by atomic mass is 9.96. The summed E-state index contributed by atoms with van der Waals surface area (Å²) in [5, 5.41) is 1.97. The van der Waals surface area contributed by atoms with Crippen molar-refractivity contribution >= 4 is 53.5 Å². The summed E-state index contributed by atoms with van der Waals surface area (Å²) in [4.78, 5) is 17.7. The number of carbonyl (C=O) groups excluding carboxylic acids is 1. The normalized spacial score (nSPS) is 15.6. The van der Waals surface area contributed by atoms with E-state index in [0.29, 0.717) is 27.8 Å². The van der Waals surface area contributed by atoms with E-state index in [4.69, 9.17) is 13.6 Å². The number of ether oxygens (including phenoxy) is 1. The minimum atomic E-state index is -4.11. The number of amides is 1. The maximum Gasteiger partial charge on any atom is 0.255 e. The third kappa shape index (κ3) is 5.75. The van der Waals surface area contributed by atoms with Crippen molar-refractivity contribution < 1.29 is 44.0 Å². The SMILES string of the molecule is CNC(=O)c1c(-c2ccc(F)cc2)oc2cc(N(CC3CCS3(=O)=O)S(C)(=O)=O)c(-c3ccc(OC)c(-c4nc5c(F)cccc5o4)c3)cc12. The highest BCUT2D eigenvalue weighted by Gasteiger charge is 2.39. The number of para-hydroxylation sites is 1. The molecule has 4 aromatic carbocycles. The molecule has 1 atom stereocenters. The number of oxazole rings is 1. The predicted octanol–water partition coefficient (Wildman–Crippen LogP) is 6.17. The van der Waals surface area contributed by atoms with Crippen molar-refractivity contribution in [2.45, 2.75) is 11.7 Å². The van der Waals surface area contributed by atoms with Crippen LogP contribution in [0.25, 0.3) is 56.0 Å². The molecule has 1 aliphatic heterocycles. The first kappa shape index (κ1) is 33.2. The molecule has 1 saturated heterocycles. The zero-order chi connectivity index (χ0) is 35.5. The smallest absolute Gasteiger partial charge is 0.255 e. The van der Waals surface area contributed by atoms with Gasteiger partial charge in [-0.2, -0.15) is 0 Å². The highest BCUT2D eigenvalue weighted by Crippen LogP contribution is 2.44. The third-order valence-electron chi connectivity index (χ3n) is 8.75. The summed E-state index contributed by atoms with van der Waals surface area (Å²) in [6, 6.07) is 17.5. The Morgan fingerprint density at radius 2 is 1.74 bits per heavy atom. The molecule has 1 unspecified atom stereocenters. The third-order valence-corrected chi connectivity index (χ3v) is 12.1. The lowest BCUT2D eigenvalue weighted by molar-refractivity contribution is 0.0964. The number of halogens is 2. The van der Waals surface area contributed by atoms with Crippen LogP contribution in [0.5, 0.6) is 5.75 Å². The van der Waals surface area contributed by atoms with E-state index >= 15 is 0 Å². The number of carbonyl (C=O) groups is 1. The maximum atomic E-state index is 14.6. The molecule has 0 bridgehead atoms. The van der Waals surface area contributed by atoms with Crippen molar-refractivity contribution in [1.29, 1.82) is 0 Å². The van der Waals surface area contributed by atoms with E-state index < -0.39 is 42.7 Å². The van der Waals surface area contributed by atoms with Crippen LogP contribution >= 0.6 is 0 Å². The van der Waals surface area contributed by atoms with Gasteiger partial charge in [-0.1, -0.05) is 12.1 Å². The van der Waals surface area contributed by atoms with Crippen molar-refractivity contribution in [3.05, 3.63) is 90.0 Å². The van der Waals surface area contributed by atoms with Crippen molar-refractivity contribution in [1.82, 2.24) is 10.3 Å². The van der Waals surface area contributed by atoms with E-state index in [1.807, 2.05) is 0 Å². The number of aromatic nitrogens is 1. The van der Waals surface area contributed by atoms with Crippen molar-refractivity contribution in [2.24, 2.45) is 0 Å². The second-order valence-corrected chi connectivity index (χ2v) is 16.2. The van der Waals surface area contributed by atoms with Gasteiger partial charge in [0.1, 0.15) is 28.4 Å². The number of anilines is 1. The average Bonchev–Trinajstić information content (AvgIpc) is 3.69. The van der Waals surface area contributed by atoms with Crippen LogP contribution in [0.4, 0.5) is 14.5 Å². The van der Waals surface area contributed by atoms with Gasteiger partial charge in [0.2, 0.25) is 15.9 Å². The molecule has 1 aliphatic rings. The fraction of sp³-hybridized carbons (Fsp3) is 0.200. The molecule has 11 nitrogen and oxygen atoms in total. The Morgan fingerprint density at radius 1 is 1.00 bits per heavy atom. The molecule has 7 rings (SSSR count). The summed E-state index contributed by atoms with van der Waals surface area (Å²) in [6.07, 6.45) is 1.25. The molecule has 0 aliphatic carbocycles. The number of hydrogen-bond acceptors (Lipinski definition) is 9. The van der Waals surface area contributed by atoms with Gasteiger partial charge in [-0.15, -0.1) is 0 Å². The second-order valence-electron chi connectivity index (χ2n) is 11.9. The fourth-order valence-electron chi connectivity index (χ4n) is 6.08. The molecule has 258 valence electrons. The van der Waals surface area contributed by atoms with Crippen LogP contribution in [0.1, 0.15) is 16.8 Å². The number of rotatable bonds is 9. The summed E-state index contributed by atoms with van der Waals surface area (Å²) in [5.41, 5.74) is 1.88. The molecule has 50 heavy (non-hydrogen) atoms. The molecule has 1 fully saturated rings. The number of fused-ring (bicyclic) bond motifs is 2. The predicted molar refractivity (Wildman–Crippen MR) is 184 cm³/mol. The van der Waals surface area contributed by atoms with E-state index in [9.17, 15) is 30.4 Å². The van der Waals surface area contributed by atoms with Crippen LogP contribution in [-0.2, 0) is 19.9 Å². The number of nitrogens with zero attached hydrogens (tertiary/aromatic N) is 2. The van der Waals surface area contributed by atoms with E-state index in [0.717, 1.165) is 10.6 Å². The first-order valence-electron chi connectivity index (χ1n) is 15.3. The van der Waals surface area contributed by atoms with Gasteiger partial charge < -0.3 is 18.9 Å². The van der Waals surface area contributed by atoms with E-state index in [1.165, 1.54) is 56.6 Å². The van der Waals surface area contributed by atoms with Crippen molar-refractivity contribution in [3.63, 3.8) is 0 Å². The molecular formula is C35H29F2N3O8S2. The molecule has 2 aromatic heterocycles. The van der Waals surface area contributed by atoms with E-state index in [-0.39, 0.29) is 63.9 Å². The minimum Gasteiger partial charge on any atom is -0.496 e. The molecule has 0 radical (unpaired) electrons. The zero-order valence-electron chi connectivity index (χ0n) is 26.9. The number of benzene rings is 4. The van der Waals surface area contributed by atoms with Gasteiger partial charge in [0.15, 0.2) is 21.2 Å². The van der Waals surface area contributed by atoms with E-state index in [2.05, 4.69) is 10.3 Å². The number of sulfone groups is 1. The number of nitrogens with one attached hydrogen (secondary N) is 1. The molecule has 0 spiro atoms. The van der Waals surface area contributed by atoms with Gasteiger partial charge in [0.05, 0.1) is 47.7 Å². The van der Waals surface area contributed by atoms with Crippen LogP contribution in [0.15, 0.2) is 81.6 Å². The van der Waals surface area contributed by atoms with Crippen molar-refractivity contribution in [2.75, 3.05) is 37.0 Å². The topological polar surface area (TPSA) is 149 Å². The Hall–Kier alpha value is -5.28. The summed E-state index contributed by atoms with van der Waals surface area (Å²) < 4.78 is 99.3. The van der Waals surface area contributed by atoms with Crippen LogP contribution in [0.2, 0.25) is 0 Å². The number of hydrogen-bond donors (Lipinski definition) is 1. The molecule has 0 saturated carbocycles. The summed E-state index contributed by atoms with van der Waals surface area (Å²) in [7, 11) is -4.75. The Morgan fingerprint density at radius 3 is 2.36 bits per heavy atom. The summed E-state index contributed by atoms with van der Waals surface area (Å²) in [6.45, 7) is -0.360. The standard InChI is InChI=1S/C35H29F2N3O8S2/c1-38-34(41)31-24-16-23(20-9-12-28(46-2)25(15-20)35-39-32-26(37)5-4-6-29(32)48-35)27(40(49(3,42)43)18-22-13-14-50(22,44)45)17-30(24)47-33(31)19-7-10-21(36)11-8-19/h4-12,15-17,22H,13-14,18H2,1-3H3,(H,38,41). The zero-order valence-corrected chi connectivity index (χ0v) is 28.5. The number of methoxy groups -OCH3 is 1. The maximum absolute atomic E-state index is 14.6. The number of furan rings is 1. The van der Waals surface area contributed by atoms with Crippen LogP contribution < -0.4 is 14.4 Å². The Bertz CT molecular complexity index is 2550. The largest absolute Gasteiger partial charge is 0.496 e. The lowest BCUT2D eigenvalue weighted by Gasteiger charge is -2.33. The lowest BCUT2D eigenvalue weighted by Crippen LogP contribution is -2.47. The Labute approximate surface area is 285 Å². The highest BCUT2D eigenvalue weighted by molar-refractivity contribution is 7.94. The van der Waals surface area contributed by atoms with Gasteiger partial charge >= 0.3 is 0 Å². The first-order chi connectivity index (χ1) is 23.8. The van der Waals surface area contributed by atoms with Gasteiger partial charge in [0.25, 0.3) is 5.91 Å². The molecule has 1 N–H and O–H groups in total. The molecule has 1 amide bonds. The quantitative estimate of drug-likeness (QED) is 0.185. The van der Waals surface area contributed by atoms with Gasteiger partial charge in [-0.3, -0.25) is 9.10 Å². The average molecular weight is 722 g/mol. The molecule has 15 heteroatoms. The fourth-order valence-corrected chi connectivity index (χ4v) is 8.46. The Balaban J connectivity index is 1.51. The van der Waals surface area contributed by atoms with Gasteiger partial charge in [0, 0.05) is 29.6 Å². The second kappa shape index (κ2) is 12.2. The summed E-state index contributed by atoms with van der Waals surface area (Å²) >= 11 is 0. The molecule has 6 aromatic rings. The van der Waals surface area contributed by atoms with Gasteiger partial charge in [-0.25, -0.2) is 30.6 Å². The molecule has 3 heterocycles. The Kier molecular flexibility index (Phi) is 8.14. The van der Waals surface area contributed by atoms with Crippen LogP contribution in [0, 0.1) is 11.6 Å². The minimum absolute atomic E-state index is 0.00367. The summed E-state index contributed by atoms with van der Waals surface area (Å²) in [5.74, 6) is -1.21. The highest BCUT2D eigenvalue weighted by atomic mass is 32.2. The monoisotopic (exact) mass is 721 g/mol. The van der Waals surface area contributed by atoms with Crippen LogP contribution in [-0.4, -0.2) is 65.7 Å². The first-order valence-corrected chi connectivity index (χ1v) is 18.9. The van der Waals surface area contributed by atoms with Crippen molar-refractivity contribution in [3.8, 4) is 39.7 Å². The molecular weight excluding hydrogens is 693 g/mol. The van der Waals surface area contributed by atoms with Crippen LogP contribution in [0.3, 0.4) is 0 Å². The van der Waals surface area contributed by atoms with Gasteiger partial charge in [-0.05, 0) is 66.6 Å².